The average molecular weight is 263 g/mol. The van der Waals surface area contributed by atoms with Gasteiger partial charge in [-0.15, -0.1) is 0 Å². The topological polar surface area (TPSA) is 49.9 Å². The Bertz CT molecular complexity index is 330. The van der Waals surface area contributed by atoms with E-state index in [1.807, 2.05) is 0 Å². The number of thioether (sulfide) groups is 1. The Labute approximate surface area is 88.3 Å². The van der Waals surface area contributed by atoms with E-state index in [0.29, 0.717) is 11.3 Å². The van der Waals surface area contributed by atoms with Crippen molar-refractivity contribution in [2.75, 3.05) is 0 Å². The number of benzene rings is 1. The molecule has 70 valence electrons. The molecule has 0 aliphatic rings. The molecule has 0 aliphatic carbocycles. The molecular weight excluding hydrogens is 255 g/mol. The third-order valence-electron chi connectivity index (χ3n) is 1.39. The van der Waals surface area contributed by atoms with Crippen molar-refractivity contribution in [1.29, 1.82) is 5.41 Å². The lowest BCUT2D eigenvalue weighted by molar-refractivity contribution is 0.617. The van der Waals surface area contributed by atoms with Crippen LogP contribution in [-0.2, 0) is 5.75 Å². The van der Waals surface area contributed by atoms with E-state index in [2.05, 4.69) is 15.9 Å². The maximum atomic E-state index is 13.1. The zero-order valence-electron chi connectivity index (χ0n) is 6.68. The number of nitrogens with two attached hydrogens (primary N) is 1. The molecule has 0 amide bonds. The summed E-state index contributed by atoms with van der Waals surface area (Å²) in [5.74, 6) is 0.123. The van der Waals surface area contributed by atoms with E-state index in [9.17, 15) is 4.39 Å². The summed E-state index contributed by atoms with van der Waals surface area (Å²) < 4.78 is 13.9. The van der Waals surface area contributed by atoms with Gasteiger partial charge in [0.05, 0.1) is 0 Å². The van der Waals surface area contributed by atoms with Crippen LogP contribution in [0.4, 0.5) is 4.39 Å². The first-order valence-electron chi connectivity index (χ1n) is 3.50. The van der Waals surface area contributed by atoms with Crippen LogP contribution in [-0.4, -0.2) is 5.17 Å². The molecule has 0 atom stereocenters. The molecule has 3 N–H and O–H groups in total. The van der Waals surface area contributed by atoms with E-state index in [1.165, 1.54) is 6.07 Å². The van der Waals surface area contributed by atoms with Crippen LogP contribution in [0.5, 0.6) is 0 Å². The van der Waals surface area contributed by atoms with Crippen molar-refractivity contribution in [3.8, 4) is 0 Å². The highest BCUT2D eigenvalue weighted by Crippen LogP contribution is 2.19. The number of hydrogen-bond acceptors (Lipinski definition) is 2. The van der Waals surface area contributed by atoms with Gasteiger partial charge in [0.2, 0.25) is 0 Å². The summed E-state index contributed by atoms with van der Waals surface area (Å²) in [4.78, 5) is 0. The van der Waals surface area contributed by atoms with Crippen LogP contribution in [0, 0.1) is 11.2 Å². The number of hydrogen-bond donors (Lipinski definition) is 2. The molecule has 0 saturated carbocycles. The Kier molecular flexibility index (Phi) is 3.74. The van der Waals surface area contributed by atoms with Crippen LogP contribution >= 0.6 is 27.7 Å². The van der Waals surface area contributed by atoms with Crippen molar-refractivity contribution in [3.05, 3.63) is 34.1 Å². The molecule has 0 heterocycles. The lowest BCUT2D eigenvalue weighted by Crippen LogP contribution is -2.04. The predicted molar refractivity (Wildman–Crippen MR) is 57.3 cm³/mol. The van der Waals surface area contributed by atoms with Gasteiger partial charge in [0, 0.05) is 10.2 Å². The summed E-state index contributed by atoms with van der Waals surface area (Å²) in [5.41, 5.74) is 5.69. The lowest BCUT2D eigenvalue weighted by Gasteiger charge is -2.02. The highest BCUT2D eigenvalue weighted by Gasteiger charge is 2.03. The van der Waals surface area contributed by atoms with Gasteiger partial charge in [-0.05, 0) is 23.8 Å². The maximum absolute atomic E-state index is 13.1. The summed E-state index contributed by atoms with van der Waals surface area (Å²) in [6.07, 6.45) is 0. The van der Waals surface area contributed by atoms with Crippen molar-refractivity contribution in [2.45, 2.75) is 5.75 Å². The Hall–Kier alpha value is -0.550. The molecule has 1 rings (SSSR count). The summed E-state index contributed by atoms with van der Waals surface area (Å²) in [5, 5.41) is 6.97. The molecule has 1 aromatic rings. The second-order valence-corrected chi connectivity index (χ2v) is 4.32. The average Bonchev–Trinajstić information content (AvgIpc) is 2.06. The summed E-state index contributed by atoms with van der Waals surface area (Å²) in [6.45, 7) is 0. The van der Waals surface area contributed by atoms with E-state index in [1.54, 1.807) is 12.1 Å². The summed E-state index contributed by atoms with van der Waals surface area (Å²) >= 11 is 4.35. The van der Waals surface area contributed by atoms with Crippen molar-refractivity contribution in [2.24, 2.45) is 5.73 Å². The molecule has 0 spiro atoms. The second kappa shape index (κ2) is 4.62. The molecule has 1 aromatic carbocycles. The van der Waals surface area contributed by atoms with Crippen LogP contribution in [0.3, 0.4) is 0 Å². The first kappa shape index (κ1) is 10.5. The summed E-state index contributed by atoms with van der Waals surface area (Å²) in [7, 11) is 0. The van der Waals surface area contributed by atoms with Crippen LogP contribution in [0.2, 0.25) is 0 Å². The minimum absolute atomic E-state index is 0.000578. The summed E-state index contributed by atoms with van der Waals surface area (Å²) in [6, 6.07) is 4.71. The molecule has 0 saturated heterocycles. The van der Waals surface area contributed by atoms with Gasteiger partial charge in [-0.25, -0.2) is 4.39 Å². The standard InChI is InChI=1S/C8H8BrFN2S/c9-6-1-2-7(10)5(3-6)4-13-8(11)12/h1-3H,4H2,(H3,11,12). The van der Waals surface area contributed by atoms with E-state index >= 15 is 0 Å². The second-order valence-electron chi connectivity index (χ2n) is 2.39. The first-order chi connectivity index (χ1) is 6.09. The quantitative estimate of drug-likeness (QED) is 0.636. The molecule has 13 heavy (non-hydrogen) atoms. The fourth-order valence-electron chi connectivity index (χ4n) is 0.809. The number of rotatable bonds is 2. The van der Waals surface area contributed by atoms with E-state index in [4.69, 9.17) is 11.1 Å². The fourth-order valence-corrected chi connectivity index (χ4v) is 1.75. The van der Waals surface area contributed by atoms with Crippen LogP contribution < -0.4 is 5.73 Å². The van der Waals surface area contributed by atoms with Crippen molar-refractivity contribution in [1.82, 2.24) is 0 Å². The Morgan fingerprint density at radius 1 is 1.62 bits per heavy atom. The zero-order valence-corrected chi connectivity index (χ0v) is 9.08. The highest BCUT2D eigenvalue weighted by atomic mass is 79.9. The fraction of sp³-hybridized carbons (Fsp3) is 0.125. The van der Waals surface area contributed by atoms with E-state index < -0.39 is 0 Å². The Balaban J connectivity index is 2.75. The van der Waals surface area contributed by atoms with Gasteiger partial charge >= 0.3 is 0 Å². The third-order valence-corrected chi connectivity index (χ3v) is 2.65. The maximum Gasteiger partial charge on any atom is 0.151 e. The Morgan fingerprint density at radius 2 is 2.31 bits per heavy atom. The molecule has 2 nitrogen and oxygen atoms in total. The number of nitrogens with one attached hydrogen (secondary N) is 1. The van der Waals surface area contributed by atoms with Crippen molar-refractivity contribution >= 4 is 32.9 Å². The largest absolute Gasteiger partial charge is 0.379 e. The number of amidine groups is 1. The van der Waals surface area contributed by atoms with Gasteiger partial charge in [0.25, 0.3) is 0 Å². The van der Waals surface area contributed by atoms with E-state index in [0.717, 1.165) is 16.2 Å². The van der Waals surface area contributed by atoms with Crippen molar-refractivity contribution in [3.63, 3.8) is 0 Å². The number of halogens is 2. The first-order valence-corrected chi connectivity index (χ1v) is 5.28. The molecule has 0 radical (unpaired) electrons. The predicted octanol–water partition coefficient (Wildman–Crippen LogP) is 2.71. The van der Waals surface area contributed by atoms with Gasteiger partial charge < -0.3 is 5.73 Å². The zero-order chi connectivity index (χ0) is 9.84. The monoisotopic (exact) mass is 262 g/mol. The molecule has 5 heteroatoms. The molecule has 0 aliphatic heterocycles. The highest BCUT2D eigenvalue weighted by molar-refractivity contribution is 9.10. The molecule has 0 bridgehead atoms. The minimum Gasteiger partial charge on any atom is -0.379 e. The Morgan fingerprint density at radius 3 is 2.92 bits per heavy atom. The smallest absolute Gasteiger partial charge is 0.151 e. The van der Waals surface area contributed by atoms with Gasteiger partial charge in [-0.2, -0.15) is 0 Å². The lowest BCUT2D eigenvalue weighted by atomic mass is 10.2. The van der Waals surface area contributed by atoms with Crippen LogP contribution in [0.1, 0.15) is 5.56 Å². The van der Waals surface area contributed by atoms with Crippen LogP contribution in [0.25, 0.3) is 0 Å². The molecule has 0 unspecified atom stereocenters. The SMILES string of the molecule is N=C(N)SCc1cc(Br)ccc1F. The molecule has 0 aromatic heterocycles. The van der Waals surface area contributed by atoms with Gasteiger partial charge in [0.15, 0.2) is 5.17 Å². The minimum atomic E-state index is -0.267. The van der Waals surface area contributed by atoms with E-state index in [-0.39, 0.29) is 11.0 Å². The van der Waals surface area contributed by atoms with Gasteiger partial charge in [0.1, 0.15) is 5.82 Å². The molecular formula is C8H8BrFN2S. The van der Waals surface area contributed by atoms with Crippen molar-refractivity contribution < 1.29 is 4.39 Å². The van der Waals surface area contributed by atoms with Gasteiger partial charge in [-0.3, -0.25) is 5.41 Å². The normalized spacial score (nSPS) is 10.0. The molecule has 0 fully saturated rings. The van der Waals surface area contributed by atoms with Gasteiger partial charge in [-0.1, -0.05) is 27.7 Å². The third kappa shape index (κ3) is 3.36. The van der Waals surface area contributed by atoms with Crippen LogP contribution in [0.15, 0.2) is 22.7 Å².